The Morgan fingerprint density at radius 3 is 2.91 bits per heavy atom. The summed E-state index contributed by atoms with van der Waals surface area (Å²) >= 11 is 2.84. The van der Waals surface area contributed by atoms with Crippen molar-refractivity contribution in [3.8, 4) is 0 Å². The van der Waals surface area contributed by atoms with Crippen LogP contribution < -0.4 is 5.32 Å². The van der Waals surface area contributed by atoms with Crippen LogP contribution in [-0.2, 0) is 17.8 Å². The normalized spacial score (nSPS) is 12.3. The molecule has 1 atom stereocenters. The molecule has 2 aromatic rings. The first-order chi connectivity index (χ1) is 10.7. The average Bonchev–Trinajstić information content (AvgIpc) is 3.14. The van der Waals surface area contributed by atoms with Gasteiger partial charge < -0.3 is 9.88 Å². The second-order valence-electron chi connectivity index (χ2n) is 4.83. The molecular weight excluding hydrogens is 318 g/mol. The van der Waals surface area contributed by atoms with Crippen molar-refractivity contribution in [2.75, 3.05) is 5.32 Å². The van der Waals surface area contributed by atoms with Crippen LogP contribution in [0.3, 0.4) is 0 Å². The second-order valence-corrected chi connectivity index (χ2v) is 7.04. The number of aromatic nitrogens is 4. The molecule has 120 valence electrons. The minimum absolute atomic E-state index is 0.0688. The number of thiazole rings is 1. The van der Waals surface area contributed by atoms with Gasteiger partial charge in [0.05, 0.1) is 5.25 Å². The van der Waals surface area contributed by atoms with Gasteiger partial charge in [0.25, 0.3) is 0 Å². The zero-order valence-corrected chi connectivity index (χ0v) is 14.7. The van der Waals surface area contributed by atoms with Crippen molar-refractivity contribution < 1.29 is 4.79 Å². The highest BCUT2D eigenvalue weighted by Gasteiger charge is 2.20. The van der Waals surface area contributed by atoms with Crippen LogP contribution >= 0.6 is 23.1 Å². The molecule has 1 N–H and O–H groups in total. The number of hydrogen-bond acceptors (Lipinski definition) is 6. The Hall–Kier alpha value is -1.41. The SMILES string of the molecule is CCCCc1nnc(S[C@H](C)C(=O)Nc2nccs2)n1CC. The van der Waals surface area contributed by atoms with Gasteiger partial charge in [-0.05, 0) is 20.3 Å². The maximum Gasteiger partial charge on any atom is 0.239 e. The maximum absolute atomic E-state index is 12.2. The van der Waals surface area contributed by atoms with Gasteiger partial charge in [0.1, 0.15) is 5.82 Å². The zero-order valence-electron chi connectivity index (χ0n) is 13.1. The maximum atomic E-state index is 12.2. The Morgan fingerprint density at radius 2 is 2.27 bits per heavy atom. The summed E-state index contributed by atoms with van der Waals surface area (Å²) in [5.74, 6) is 0.931. The third-order valence-corrected chi connectivity index (χ3v) is 4.95. The quantitative estimate of drug-likeness (QED) is 0.748. The van der Waals surface area contributed by atoms with E-state index in [4.69, 9.17) is 0 Å². The fourth-order valence-corrected chi connectivity index (χ4v) is 3.41. The molecule has 1 amide bonds. The van der Waals surface area contributed by atoms with E-state index in [2.05, 4.69) is 38.9 Å². The largest absolute Gasteiger partial charge is 0.306 e. The fraction of sp³-hybridized carbons (Fsp3) is 0.571. The fourth-order valence-electron chi connectivity index (χ4n) is 1.95. The Labute approximate surface area is 138 Å². The van der Waals surface area contributed by atoms with E-state index in [1.165, 1.54) is 23.1 Å². The topological polar surface area (TPSA) is 72.7 Å². The van der Waals surface area contributed by atoms with Crippen LogP contribution in [0.15, 0.2) is 16.7 Å². The van der Waals surface area contributed by atoms with Gasteiger partial charge >= 0.3 is 0 Å². The minimum Gasteiger partial charge on any atom is -0.306 e. The van der Waals surface area contributed by atoms with Gasteiger partial charge in [-0.25, -0.2) is 4.98 Å². The lowest BCUT2D eigenvalue weighted by Gasteiger charge is -2.11. The summed E-state index contributed by atoms with van der Waals surface area (Å²) in [6, 6.07) is 0. The number of unbranched alkanes of at least 4 members (excludes halogenated alkanes) is 1. The number of carbonyl (C=O) groups is 1. The number of carbonyl (C=O) groups excluding carboxylic acids is 1. The molecule has 0 aliphatic carbocycles. The first-order valence-corrected chi connectivity index (χ1v) is 9.20. The molecule has 0 saturated carbocycles. The van der Waals surface area contributed by atoms with Gasteiger partial charge in [0.2, 0.25) is 5.91 Å². The number of hydrogen-bond donors (Lipinski definition) is 1. The van der Waals surface area contributed by atoms with Crippen molar-refractivity contribution in [1.82, 2.24) is 19.7 Å². The number of anilines is 1. The van der Waals surface area contributed by atoms with Gasteiger partial charge in [-0.15, -0.1) is 21.5 Å². The number of nitrogens with one attached hydrogen (secondary N) is 1. The molecule has 2 aromatic heterocycles. The highest BCUT2D eigenvalue weighted by atomic mass is 32.2. The second kappa shape index (κ2) is 8.28. The predicted molar refractivity (Wildman–Crippen MR) is 90.4 cm³/mol. The molecule has 2 heterocycles. The Morgan fingerprint density at radius 1 is 1.45 bits per heavy atom. The van der Waals surface area contributed by atoms with Crippen molar-refractivity contribution in [3.63, 3.8) is 0 Å². The van der Waals surface area contributed by atoms with Crippen molar-refractivity contribution in [2.45, 2.75) is 57.0 Å². The Bertz CT molecular complexity index is 596. The highest BCUT2D eigenvalue weighted by molar-refractivity contribution is 8.00. The van der Waals surface area contributed by atoms with Crippen LogP contribution in [-0.4, -0.2) is 30.9 Å². The van der Waals surface area contributed by atoms with E-state index in [1.807, 2.05) is 12.3 Å². The average molecular weight is 339 g/mol. The molecule has 6 nitrogen and oxygen atoms in total. The van der Waals surface area contributed by atoms with Gasteiger partial charge in [0, 0.05) is 24.5 Å². The smallest absolute Gasteiger partial charge is 0.239 e. The number of rotatable bonds is 8. The first kappa shape index (κ1) is 17.0. The van der Waals surface area contributed by atoms with E-state index in [0.717, 1.165) is 36.8 Å². The van der Waals surface area contributed by atoms with Crippen LogP contribution in [0.1, 0.15) is 39.4 Å². The van der Waals surface area contributed by atoms with Gasteiger partial charge in [0.15, 0.2) is 10.3 Å². The van der Waals surface area contributed by atoms with E-state index < -0.39 is 0 Å². The van der Waals surface area contributed by atoms with Crippen LogP contribution in [0.25, 0.3) is 0 Å². The molecule has 0 radical (unpaired) electrons. The molecule has 2 rings (SSSR count). The van der Waals surface area contributed by atoms with Gasteiger partial charge in [-0.2, -0.15) is 0 Å². The molecule has 0 bridgehead atoms. The van der Waals surface area contributed by atoms with E-state index in [0.29, 0.717) is 5.13 Å². The molecule has 0 fully saturated rings. The van der Waals surface area contributed by atoms with Crippen molar-refractivity contribution in [2.24, 2.45) is 0 Å². The van der Waals surface area contributed by atoms with Crippen LogP contribution in [0.5, 0.6) is 0 Å². The lowest BCUT2D eigenvalue weighted by Crippen LogP contribution is -2.22. The molecule has 0 unspecified atom stereocenters. The van der Waals surface area contributed by atoms with Crippen LogP contribution in [0.2, 0.25) is 0 Å². The van der Waals surface area contributed by atoms with Crippen LogP contribution in [0, 0.1) is 0 Å². The summed E-state index contributed by atoms with van der Waals surface area (Å²) in [7, 11) is 0. The molecule has 0 saturated heterocycles. The summed E-state index contributed by atoms with van der Waals surface area (Å²) < 4.78 is 2.09. The molecule has 0 aliphatic rings. The molecule has 22 heavy (non-hydrogen) atoms. The summed E-state index contributed by atoms with van der Waals surface area (Å²) in [6.45, 7) is 6.92. The number of nitrogens with zero attached hydrogens (tertiary/aromatic N) is 4. The van der Waals surface area contributed by atoms with Crippen LogP contribution in [0.4, 0.5) is 5.13 Å². The number of aryl methyl sites for hydroxylation is 1. The Balaban J connectivity index is 1.99. The van der Waals surface area contributed by atoms with Gasteiger partial charge in [-0.3, -0.25) is 4.79 Å². The van der Waals surface area contributed by atoms with Crippen molar-refractivity contribution >= 4 is 34.1 Å². The summed E-state index contributed by atoms with van der Waals surface area (Å²) in [4.78, 5) is 16.2. The summed E-state index contributed by atoms with van der Waals surface area (Å²) in [5.41, 5.74) is 0. The molecule has 0 aromatic carbocycles. The lowest BCUT2D eigenvalue weighted by molar-refractivity contribution is -0.115. The summed E-state index contributed by atoms with van der Waals surface area (Å²) in [6.07, 6.45) is 4.83. The molecule has 0 aliphatic heterocycles. The predicted octanol–water partition coefficient (Wildman–Crippen LogP) is 3.22. The molecule has 0 spiro atoms. The van der Waals surface area contributed by atoms with E-state index in [1.54, 1.807) is 6.20 Å². The third kappa shape index (κ3) is 4.30. The molecule has 8 heteroatoms. The first-order valence-electron chi connectivity index (χ1n) is 7.44. The van der Waals surface area contributed by atoms with Gasteiger partial charge in [-0.1, -0.05) is 25.1 Å². The minimum atomic E-state index is -0.252. The van der Waals surface area contributed by atoms with E-state index in [9.17, 15) is 4.79 Å². The standard InChI is InChI=1S/C14H21N5OS2/c1-4-6-7-11-17-18-14(19(11)5-2)22-10(3)12(20)16-13-15-8-9-21-13/h8-10H,4-7H2,1-3H3,(H,15,16,20)/t10-/m1/s1. The lowest BCUT2D eigenvalue weighted by atomic mass is 10.2. The van der Waals surface area contributed by atoms with Crippen molar-refractivity contribution in [1.29, 1.82) is 0 Å². The number of amides is 1. The Kier molecular flexibility index (Phi) is 6.38. The summed E-state index contributed by atoms with van der Waals surface area (Å²) in [5, 5.41) is 14.3. The third-order valence-electron chi connectivity index (χ3n) is 3.18. The van der Waals surface area contributed by atoms with E-state index >= 15 is 0 Å². The van der Waals surface area contributed by atoms with E-state index in [-0.39, 0.29) is 11.2 Å². The molecular formula is C14H21N5OS2. The van der Waals surface area contributed by atoms with Crippen molar-refractivity contribution in [3.05, 3.63) is 17.4 Å². The monoisotopic (exact) mass is 339 g/mol. The zero-order chi connectivity index (χ0) is 15.9. The number of thioether (sulfide) groups is 1. The highest BCUT2D eigenvalue weighted by Crippen LogP contribution is 2.24.